The number of carbonyl (C=O) groups excluding carboxylic acids is 1. The third-order valence-electron chi connectivity index (χ3n) is 4.07. The maximum atomic E-state index is 12.5. The number of benzene rings is 1. The van der Waals surface area contributed by atoms with E-state index in [-0.39, 0.29) is 11.3 Å². The van der Waals surface area contributed by atoms with Crippen molar-refractivity contribution in [3.8, 4) is 6.07 Å². The van der Waals surface area contributed by atoms with Crippen molar-refractivity contribution in [3.63, 3.8) is 0 Å². The Morgan fingerprint density at radius 2 is 2.16 bits per heavy atom. The number of nitriles is 1. The zero-order valence-electron chi connectivity index (χ0n) is 11.0. The van der Waals surface area contributed by atoms with Gasteiger partial charge >= 0.3 is 0 Å². The van der Waals surface area contributed by atoms with E-state index < -0.39 is 0 Å². The quantitative estimate of drug-likeness (QED) is 0.906. The molecular formula is C15H17BrN2O. The van der Waals surface area contributed by atoms with Crippen LogP contribution < -0.4 is 5.32 Å². The minimum atomic E-state index is -0.241. The fourth-order valence-electron chi connectivity index (χ4n) is 2.77. The van der Waals surface area contributed by atoms with Gasteiger partial charge in [0.25, 0.3) is 0 Å². The van der Waals surface area contributed by atoms with Gasteiger partial charge in [-0.05, 0) is 37.5 Å². The van der Waals surface area contributed by atoms with E-state index >= 15 is 0 Å². The van der Waals surface area contributed by atoms with Gasteiger partial charge in [0.15, 0.2) is 0 Å². The molecule has 1 saturated carbocycles. The molecule has 0 radical (unpaired) electrons. The molecule has 1 aliphatic carbocycles. The lowest BCUT2D eigenvalue weighted by molar-refractivity contribution is -0.125. The van der Waals surface area contributed by atoms with E-state index in [0.29, 0.717) is 11.3 Å². The van der Waals surface area contributed by atoms with Crippen molar-refractivity contribution < 1.29 is 4.79 Å². The Morgan fingerprint density at radius 3 is 2.74 bits per heavy atom. The molecule has 2 rings (SSSR count). The number of hydrogen-bond acceptors (Lipinski definition) is 2. The second-order valence-corrected chi connectivity index (χ2v) is 6.01. The summed E-state index contributed by atoms with van der Waals surface area (Å²) in [5, 5.41) is 12.0. The normalized spacial score (nSPS) is 16.9. The monoisotopic (exact) mass is 320 g/mol. The van der Waals surface area contributed by atoms with Gasteiger partial charge in [0.05, 0.1) is 11.3 Å². The summed E-state index contributed by atoms with van der Waals surface area (Å²) >= 11 is 3.37. The predicted octanol–water partition coefficient (Wildman–Crippen LogP) is 4.23. The molecule has 0 aliphatic heterocycles. The SMILES string of the molecule is CCC1(C(=O)Nc2cc(Br)ccc2C#N)CCCC1. The topological polar surface area (TPSA) is 52.9 Å². The minimum absolute atomic E-state index is 0.0575. The highest BCUT2D eigenvalue weighted by atomic mass is 79.9. The summed E-state index contributed by atoms with van der Waals surface area (Å²) in [6, 6.07) is 7.42. The molecule has 0 heterocycles. The largest absolute Gasteiger partial charge is 0.324 e. The molecule has 1 N–H and O–H groups in total. The first-order valence-corrected chi connectivity index (χ1v) is 7.42. The molecule has 1 aromatic carbocycles. The molecule has 0 saturated heterocycles. The van der Waals surface area contributed by atoms with Crippen LogP contribution in [-0.4, -0.2) is 5.91 Å². The van der Waals surface area contributed by atoms with Gasteiger partial charge < -0.3 is 5.32 Å². The maximum Gasteiger partial charge on any atom is 0.230 e. The third kappa shape index (κ3) is 2.82. The first-order chi connectivity index (χ1) is 9.11. The standard InChI is InChI=1S/C15H17BrN2O/c1-2-15(7-3-4-8-15)14(19)18-13-9-12(16)6-5-11(13)10-17/h5-6,9H,2-4,7-8H2,1H3,(H,18,19). The van der Waals surface area contributed by atoms with Crippen LogP contribution >= 0.6 is 15.9 Å². The van der Waals surface area contributed by atoms with Crippen molar-refractivity contribution in [3.05, 3.63) is 28.2 Å². The molecule has 0 bridgehead atoms. The molecule has 100 valence electrons. The van der Waals surface area contributed by atoms with E-state index in [1.165, 1.54) is 0 Å². The Hall–Kier alpha value is -1.34. The molecule has 3 nitrogen and oxygen atoms in total. The molecule has 1 fully saturated rings. The maximum absolute atomic E-state index is 12.5. The summed E-state index contributed by atoms with van der Waals surface area (Å²) < 4.78 is 0.860. The molecule has 1 aliphatic rings. The highest BCUT2D eigenvalue weighted by Gasteiger charge is 2.39. The van der Waals surface area contributed by atoms with Crippen LogP contribution in [0.25, 0.3) is 0 Å². The number of carbonyl (C=O) groups is 1. The average Bonchev–Trinajstić information content (AvgIpc) is 2.89. The van der Waals surface area contributed by atoms with Gasteiger partial charge in [0.1, 0.15) is 6.07 Å². The number of rotatable bonds is 3. The predicted molar refractivity (Wildman–Crippen MR) is 78.7 cm³/mol. The third-order valence-corrected chi connectivity index (χ3v) is 4.56. The van der Waals surface area contributed by atoms with Crippen LogP contribution in [0, 0.1) is 16.7 Å². The van der Waals surface area contributed by atoms with Crippen molar-refractivity contribution in [1.29, 1.82) is 5.26 Å². The number of nitrogens with zero attached hydrogens (tertiary/aromatic N) is 1. The first-order valence-electron chi connectivity index (χ1n) is 6.62. The summed E-state index contributed by atoms with van der Waals surface area (Å²) in [6.07, 6.45) is 4.99. The number of nitrogens with one attached hydrogen (secondary N) is 1. The Labute approximate surface area is 122 Å². The van der Waals surface area contributed by atoms with Crippen LogP contribution in [0.3, 0.4) is 0 Å². The fraction of sp³-hybridized carbons (Fsp3) is 0.467. The van der Waals surface area contributed by atoms with Crippen LogP contribution in [0.4, 0.5) is 5.69 Å². The van der Waals surface area contributed by atoms with Gasteiger partial charge in [0.2, 0.25) is 5.91 Å². The summed E-state index contributed by atoms with van der Waals surface area (Å²) in [4.78, 5) is 12.5. The van der Waals surface area contributed by atoms with E-state index in [1.54, 1.807) is 18.2 Å². The van der Waals surface area contributed by atoms with Gasteiger partial charge in [-0.25, -0.2) is 0 Å². The Morgan fingerprint density at radius 1 is 1.47 bits per heavy atom. The lowest BCUT2D eigenvalue weighted by atomic mass is 9.82. The molecule has 1 aromatic rings. The lowest BCUT2D eigenvalue weighted by Crippen LogP contribution is -2.33. The Kier molecular flexibility index (Phi) is 4.26. The van der Waals surface area contributed by atoms with Crippen molar-refractivity contribution in [2.45, 2.75) is 39.0 Å². The fourth-order valence-corrected chi connectivity index (χ4v) is 3.13. The Balaban J connectivity index is 2.24. The van der Waals surface area contributed by atoms with Crippen LogP contribution in [0.15, 0.2) is 22.7 Å². The molecule has 4 heteroatoms. The van der Waals surface area contributed by atoms with Gasteiger partial charge in [-0.2, -0.15) is 5.26 Å². The second kappa shape index (κ2) is 5.75. The van der Waals surface area contributed by atoms with Crippen molar-refractivity contribution in [2.24, 2.45) is 5.41 Å². The van der Waals surface area contributed by atoms with Gasteiger partial charge in [-0.3, -0.25) is 4.79 Å². The van der Waals surface area contributed by atoms with Crippen LogP contribution in [0.2, 0.25) is 0 Å². The first kappa shape index (κ1) is 14.1. The summed E-state index contributed by atoms with van der Waals surface area (Å²) in [5.74, 6) is 0.0575. The van der Waals surface area contributed by atoms with E-state index in [0.717, 1.165) is 36.6 Å². The molecule has 0 atom stereocenters. The summed E-state index contributed by atoms with van der Waals surface area (Å²) in [5.41, 5.74) is 0.858. The van der Waals surface area contributed by atoms with E-state index in [4.69, 9.17) is 5.26 Å². The molecule has 0 spiro atoms. The number of hydrogen-bond donors (Lipinski definition) is 1. The smallest absolute Gasteiger partial charge is 0.230 e. The van der Waals surface area contributed by atoms with Gasteiger partial charge in [-0.15, -0.1) is 0 Å². The van der Waals surface area contributed by atoms with E-state index in [2.05, 4.69) is 34.2 Å². The van der Waals surface area contributed by atoms with Crippen molar-refractivity contribution >= 4 is 27.5 Å². The Bertz CT molecular complexity index is 527. The zero-order chi connectivity index (χ0) is 13.9. The van der Waals surface area contributed by atoms with Gasteiger partial charge in [0, 0.05) is 9.89 Å². The van der Waals surface area contributed by atoms with Crippen LogP contribution in [-0.2, 0) is 4.79 Å². The molecule has 0 unspecified atom stereocenters. The van der Waals surface area contributed by atoms with E-state index in [1.807, 2.05) is 0 Å². The van der Waals surface area contributed by atoms with Crippen molar-refractivity contribution in [2.75, 3.05) is 5.32 Å². The molecular weight excluding hydrogens is 304 g/mol. The number of amides is 1. The lowest BCUT2D eigenvalue weighted by Gasteiger charge is -2.26. The van der Waals surface area contributed by atoms with Crippen molar-refractivity contribution in [1.82, 2.24) is 0 Å². The van der Waals surface area contributed by atoms with E-state index in [9.17, 15) is 4.79 Å². The van der Waals surface area contributed by atoms with Gasteiger partial charge in [-0.1, -0.05) is 35.7 Å². The molecule has 1 amide bonds. The summed E-state index contributed by atoms with van der Waals surface area (Å²) in [7, 11) is 0. The summed E-state index contributed by atoms with van der Waals surface area (Å²) in [6.45, 7) is 2.07. The highest BCUT2D eigenvalue weighted by molar-refractivity contribution is 9.10. The number of halogens is 1. The zero-order valence-corrected chi connectivity index (χ0v) is 12.6. The second-order valence-electron chi connectivity index (χ2n) is 5.10. The molecule has 0 aromatic heterocycles. The number of anilines is 1. The van der Waals surface area contributed by atoms with Crippen LogP contribution in [0.1, 0.15) is 44.6 Å². The molecule has 19 heavy (non-hydrogen) atoms. The minimum Gasteiger partial charge on any atom is -0.324 e. The highest BCUT2D eigenvalue weighted by Crippen LogP contribution is 2.42. The van der Waals surface area contributed by atoms with Crippen LogP contribution in [0.5, 0.6) is 0 Å². The average molecular weight is 321 g/mol.